The molecule has 0 amide bonds. The Morgan fingerprint density at radius 2 is 0.571 bits per heavy atom. The Labute approximate surface area is 391 Å². The van der Waals surface area contributed by atoms with Crippen LogP contribution in [-0.4, -0.2) is 37.2 Å². The van der Waals surface area contributed by atoms with Crippen molar-refractivity contribution in [2.45, 2.75) is 297 Å². The molecule has 0 N–H and O–H groups in total. The van der Waals surface area contributed by atoms with Gasteiger partial charge in [0.25, 0.3) is 0 Å². The zero-order valence-corrected chi connectivity index (χ0v) is 42.1. The van der Waals surface area contributed by atoms with Crippen molar-refractivity contribution in [3.63, 3.8) is 0 Å². The minimum Gasteiger partial charge on any atom is -0.462 e. The highest BCUT2D eigenvalue weighted by atomic mass is 16.6. The summed E-state index contributed by atoms with van der Waals surface area (Å²) in [6.07, 6.45) is 61.2. The van der Waals surface area contributed by atoms with Gasteiger partial charge in [-0.1, -0.05) is 231 Å². The summed E-state index contributed by atoms with van der Waals surface area (Å²) in [6.45, 7) is 6.62. The van der Waals surface area contributed by atoms with Gasteiger partial charge in [-0.15, -0.1) is 0 Å². The van der Waals surface area contributed by atoms with Crippen LogP contribution in [-0.2, 0) is 28.6 Å². The summed E-state index contributed by atoms with van der Waals surface area (Å²) in [5, 5.41) is 0. The maximum absolute atomic E-state index is 12.8. The van der Waals surface area contributed by atoms with Crippen molar-refractivity contribution >= 4 is 17.9 Å². The summed E-state index contributed by atoms with van der Waals surface area (Å²) >= 11 is 0. The van der Waals surface area contributed by atoms with E-state index in [-0.39, 0.29) is 31.1 Å². The Morgan fingerprint density at radius 1 is 0.317 bits per heavy atom. The van der Waals surface area contributed by atoms with E-state index in [1.807, 2.05) is 0 Å². The highest BCUT2D eigenvalue weighted by Crippen LogP contribution is 2.16. The molecule has 0 heterocycles. The largest absolute Gasteiger partial charge is 0.462 e. The second kappa shape index (κ2) is 52.3. The molecule has 0 aliphatic rings. The summed E-state index contributed by atoms with van der Waals surface area (Å²) in [5.74, 6) is -0.878. The standard InChI is InChI=1S/C57H104O6/c1-4-7-10-13-16-19-22-25-27-28-30-32-35-38-41-44-47-50-56(59)62-53-54(52-61-55(58)49-46-43-40-37-34-31-24-21-18-15-12-9-6-3)63-57(60)51-48-45-42-39-36-33-29-26-23-20-17-14-11-8-5-2/h16,19,25-27,29,54H,4-15,17-18,20-24,28,30-53H2,1-3H3/b19-16-,27-25-,29-26-/t54-/m0/s1. The van der Waals surface area contributed by atoms with Crippen molar-refractivity contribution in [1.82, 2.24) is 0 Å². The van der Waals surface area contributed by atoms with Crippen LogP contribution in [0.15, 0.2) is 36.5 Å². The summed E-state index contributed by atoms with van der Waals surface area (Å²) in [5.41, 5.74) is 0. The van der Waals surface area contributed by atoms with Crippen molar-refractivity contribution in [2.75, 3.05) is 13.2 Å². The fraction of sp³-hybridized carbons (Fsp3) is 0.842. The molecule has 0 fully saturated rings. The zero-order chi connectivity index (χ0) is 45.8. The lowest BCUT2D eigenvalue weighted by atomic mass is 10.0. The average molecular weight is 885 g/mol. The SMILES string of the molecule is CCCCC/C=C\C/C=C\CCCCCCCCCC(=O)OC[C@H](COC(=O)CCCCCCCCCCCCCCC)OC(=O)CCCCCCC/C=C\CCCCCCCC. The molecule has 6 nitrogen and oxygen atoms in total. The van der Waals surface area contributed by atoms with Gasteiger partial charge in [-0.2, -0.15) is 0 Å². The first-order valence-electron chi connectivity index (χ1n) is 27.5. The number of ether oxygens (including phenoxy) is 3. The Bertz CT molecular complexity index is 1060. The van der Waals surface area contributed by atoms with Gasteiger partial charge in [-0.25, -0.2) is 0 Å². The molecule has 368 valence electrons. The van der Waals surface area contributed by atoms with E-state index in [0.717, 1.165) is 77.0 Å². The molecule has 0 unspecified atom stereocenters. The third-order valence-corrected chi connectivity index (χ3v) is 12.1. The molecule has 0 bridgehead atoms. The maximum Gasteiger partial charge on any atom is 0.306 e. The summed E-state index contributed by atoms with van der Waals surface area (Å²) in [7, 11) is 0. The fourth-order valence-electron chi connectivity index (χ4n) is 7.94. The molecule has 6 heteroatoms. The van der Waals surface area contributed by atoms with Gasteiger partial charge >= 0.3 is 17.9 Å². The van der Waals surface area contributed by atoms with Crippen LogP contribution in [0.4, 0.5) is 0 Å². The van der Waals surface area contributed by atoms with E-state index >= 15 is 0 Å². The highest BCUT2D eigenvalue weighted by molar-refractivity contribution is 5.71. The molecule has 0 saturated carbocycles. The Hall–Kier alpha value is -2.37. The molecule has 1 atom stereocenters. The normalized spacial score (nSPS) is 12.2. The number of unbranched alkanes of at least 4 members (excludes halogenated alkanes) is 33. The summed E-state index contributed by atoms with van der Waals surface area (Å²) < 4.78 is 16.8. The van der Waals surface area contributed by atoms with E-state index in [9.17, 15) is 14.4 Å². The molecule has 0 aliphatic carbocycles. The Kier molecular flexibility index (Phi) is 50.3. The van der Waals surface area contributed by atoms with Gasteiger partial charge in [0, 0.05) is 19.3 Å². The van der Waals surface area contributed by atoms with Crippen molar-refractivity contribution in [3.05, 3.63) is 36.5 Å². The van der Waals surface area contributed by atoms with Gasteiger partial charge in [0.05, 0.1) is 0 Å². The first-order valence-corrected chi connectivity index (χ1v) is 27.5. The van der Waals surface area contributed by atoms with Crippen LogP contribution in [0.3, 0.4) is 0 Å². The van der Waals surface area contributed by atoms with Crippen LogP contribution in [0, 0.1) is 0 Å². The van der Waals surface area contributed by atoms with Crippen LogP contribution in [0.5, 0.6) is 0 Å². The molecule has 0 rings (SSSR count). The average Bonchev–Trinajstić information content (AvgIpc) is 3.28. The molecular weight excluding hydrogens is 781 g/mol. The molecule has 0 spiro atoms. The predicted molar refractivity (Wildman–Crippen MR) is 270 cm³/mol. The molecular formula is C57H104O6. The maximum atomic E-state index is 12.8. The number of allylic oxidation sites excluding steroid dienone is 6. The lowest BCUT2D eigenvalue weighted by Gasteiger charge is -2.18. The first kappa shape index (κ1) is 60.6. The fourth-order valence-corrected chi connectivity index (χ4v) is 7.94. The highest BCUT2D eigenvalue weighted by Gasteiger charge is 2.19. The zero-order valence-electron chi connectivity index (χ0n) is 42.1. The molecule has 0 aromatic carbocycles. The molecule has 0 saturated heterocycles. The second-order valence-electron chi connectivity index (χ2n) is 18.5. The third-order valence-electron chi connectivity index (χ3n) is 12.1. The van der Waals surface area contributed by atoms with Crippen molar-refractivity contribution in [1.29, 1.82) is 0 Å². The monoisotopic (exact) mass is 885 g/mol. The second-order valence-corrected chi connectivity index (χ2v) is 18.5. The van der Waals surface area contributed by atoms with Crippen LogP contribution in [0.25, 0.3) is 0 Å². The van der Waals surface area contributed by atoms with E-state index in [1.54, 1.807) is 0 Å². The van der Waals surface area contributed by atoms with Gasteiger partial charge in [-0.05, 0) is 77.0 Å². The number of hydrogen-bond donors (Lipinski definition) is 0. The molecule has 63 heavy (non-hydrogen) atoms. The lowest BCUT2D eigenvalue weighted by Crippen LogP contribution is -2.30. The Balaban J connectivity index is 4.37. The number of carbonyl (C=O) groups excluding carboxylic acids is 3. The minimum atomic E-state index is -0.776. The number of rotatable bonds is 50. The van der Waals surface area contributed by atoms with Crippen molar-refractivity contribution < 1.29 is 28.6 Å². The summed E-state index contributed by atoms with van der Waals surface area (Å²) in [4.78, 5) is 38.0. The Morgan fingerprint density at radius 3 is 0.921 bits per heavy atom. The predicted octanol–water partition coefficient (Wildman–Crippen LogP) is 18.1. The molecule has 0 aromatic rings. The number of esters is 3. The van der Waals surface area contributed by atoms with E-state index in [2.05, 4.69) is 57.2 Å². The lowest BCUT2D eigenvalue weighted by molar-refractivity contribution is -0.167. The third kappa shape index (κ3) is 50.5. The smallest absolute Gasteiger partial charge is 0.306 e. The quantitative estimate of drug-likeness (QED) is 0.0262. The molecule has 0 radical (unpaired) electrons. The van der Waals surface area contributed by atoms with Crippen molar-refractivity contribution in [3.8, 4) is 0 Å². The van der Waals surface area contributed by atoms with Gasteiger partial charge in [0.15, 0.2) is 6.10 Å². The van der Waals surface area contributed by atoms with Crippen molar-refractivity contribution in [2.24, 2.45) is 0 Å². The first-order chi connectivity index (χ1) is 31.0. The van der Waals surface area contributed by atoms with E-state index in [1.165, 1.54) is 173 Å². The number of hydrogen-bond acceptors (Lipinski definition) is 6. The van der Waals surface area contributed by atoms with Gasteiger partial charge in [0.2, 0.25) is 0 Å². The van der Waals surface area contributed by atoms with E-state index in [0.29, 0.717) is 19.3 Å². The topological polar surface area (TPSA) is 78.9 Å². The van der Waals surface area contributed by atoms with E-state index in [4.69, 9.17) is 14.2 Å². The van der Waals surface area contributed by atoms with Crippen LogP contribution in [0.2, 0.25) is 0 Å². The van der Waals surface area contributed by atoms with Crippen LogP contribution < -0.4 is 0 Å². The minimum absolute atomic E-state index is 0.0748. The summed E-state index contributed by atoms with van der Waals surface area (Å²) in [6, 6.07) is 0. The van der Waals surface area contributed by atoms with E-state index < -0.39 is 6.10 Å². The molecule has 0 aliphatic heterocycles. The van der Waals surface area contributed by atoms with Gasteiger partial charge in [-0.3, -0.25) is 14.4 Å². The van der Waals surface area contributed by atoms with Crippen LogP contribution in [0.1, 0.15) is 290 Å². The van der Waals surface area contributed by atoms with Crippen LogP contribution >= 0.6 is 0 Å². The van der Waals surface area contributed by atoms with Gasteiger partial charge in [0.1, 0.15) is 13.2 Å². The van der Waals surface area contributed by atoms with Gasteiger partial charge < -0.3 is 14.2 Å². The molecule has 0 aromatic heterocycles. The number of carbonyl (C=O) groups is 3.